The van der Waals surface area contributed by atoms with E-state index in [1.807, 2.05) is 26.1 Å². The lowest BCUT2D eigenvalue weighted by molar-refractivity contribution is 0.177. The first-order valence-corrected chi connectivity index (χ1v) is 6.00. The Morgan fingerprint density at radius 1 is 1.35 bits per heavy atom. The van der Waals surface area contributed by atoms with Gasteiger partial charge in [0, 0.05) is 24.7 Å². The number of rotatable bonds is 5. The minimum atomic E-state index is -0.141. The zero-order chi connectivity index (χ0) is 13.1. The van der Waals surface area contributed by atoms with E-state index in [0.717, 1.165) is 12.1 Å². The predicted octanol–water partition coefficient (Wildman–Crippen LogP) is 2.63. The first kappa shape index (κ1) is 14.1. The maximum Gasteiger partial charge on any atom is 0.127 e. The Morgan fingerprint density at radius 3 is 2.47 bits per heavy atom. The van der Waals surface area contributed by atoms with E-state index >= 15 is 0 Å². The fourth-order valence-corrected chi connectivity index (χ4v) is 1.81. The highest BCUT2D eigenvalue weighted by Crippen LogP contribution is 2.21. The summed E-state index contributed by atoms with van der Waals surface area (Å²) < 4.78 is 13.5. The van der Waals surface area contributed by atoms with Crippen LogP contribution in [0.1, 0.15) is 26.3 Å². The zero-order valence-electron chi connectivity index (χ0n) is 11.2. The average molecular weight is 238 g/mol. The summed E-state index contributed by atoms with van der Waals surface area (Å²) in [6.45, 7) is 7.74. The molecule has 0 aliphatic rings. The topological polar surface area (TPSA) is 29.3 Å². The summed E-state index contributed by atoms with van der Waals surface area (Å²) in [6, 6.07) is 7.02. The fourth-order valence-electron chi connectivity index (χ4n) is 1.81. The van der Waals surface area contributed by atoms with Gasteiger partial charge in [-0.1, -0.05) is 32.0 Å². The van der Waals surface area contributed by atoms with Gasteiger partial charge in [0.1, 0.15) is 5.82 Å². The predicted molar refractivity (Wildman–Crippen MR) is 70.2 cm³/mol. The summed E-state index contributed by atoms with van der Waals surface area (Å²) in [5.74, 6) is -0.141. The number of halogens is 1. The Kier molecular flexibility index (Phi) is 4.66. The molecule has 1 unspecified atom stereocenters. The summed E-state index contributed by atoms with van der Waals surface area (Å²) in [4.78, 5) is 2.11. The quantitative estimate of drug-likeness (QED) is 0.854. The molecule has 0 aliphatic heterocycles. The molecule has 3 heteroatoms. The highest BCUT2D eigenvalue weighted by atomic mass is 19.1. The maximum absolute atomic E-state index is 13.5. The van der Waals surface area contributed by atoms with Crippen molar-refractivity contribution in [3.8, 4) is 0 Å². The van der Waals surface area contributed by atoms with Crippen molar-refractivity contribution in [2.45, 2.75) is 33.4 Å². The van der Waals surface area contributed by atoms with Gasteiger partial charge in [0.05, 0.1) is 0 Å². The third kappa shape index (κ3) is 4.10. The van der Waals surface area contributed by atoms with Crippen LogP contribution in [0.4, 0.5) is 4.39 Å². The van der Waals surface area contributed by atoms with Crippen LogP contribution in [0, 0.1) is 11.2 Å². The van der Waals surface area contributed by atoms with Gasteiger partial charge >= 0.3 is 0 Å². The largest absolute Gasteiger partial charge is 0.327 e. The summed E-state index contributed by atoms with van der Waals surface area (Å²) >= 11 is 0. The third-order valence-electron chi connectivity index (χ3n) is 3.31. The van der Waals surface area contributed by atoms with Crippen LogP contribution >= 0.6 is 0 Å². The standard InChI is InChI=1S/C14H23FN2/c1-11(16)14(2,3)10-17(4)9-12-7-5-6-8-13(12)15/h5-8,11H,9-10,16H2,1-4H3. The van der Waals surface area contributed by atoms with Gasteiger partial charge in [-0.2, -0.15) is 0 Å². The minimum Gasteiger partial charge on any atom is -0.327 e. The third-order valence-corrected chi connectivity index (χ3v) is 3.31. The monoisotopic (exact) mass is 238 g/mol. The van der Waals surface area contributed by atoms with E-state index in [0.29, 0.717) is 6.54 Å². The lowest BCUT2D eigenvalue weighted by Crippen LogP contribution is -2.42. The molecule has 2 N–H and O–H groups in total. The summed E-state index contributed by atoms with van der Waals surface area (Å²) in [5, 5.41) is 0. The minimum absolute atomic E-state index is 0.0278. The fraction of sp³-hybridized carbons (Fsp3) is 0.571. The highest BCUT2D eigenvalue weighted by Gasteiger charge is 2.24. The molecule has 1 aromatic carbocycles. The van der Waals surface area contributed by atoms with Gasteiger partial charge in [-0.15, -0.1) is 0 Å². The van der Waals surface area contributed by atoms with E-state index in [2.05, 4.69) is 18.7 Å². The summed E-state index contributed by atoms with van der Waals surface area (Å²) in [7, 11) is 2.00. The molecule has 0 bridgehead atoms. The first-order valence-electron chi connectivity index (χ1n) is 6.00. The van der Waals surface area contributed by atoms with Crippen molar-refractivity contribution in [1.29, 1.82) is 0 Å². The van der Waals surface area contributed by atoms with Crippen LogP contribution in [0.25, 0.3) is 0 Å². The molecule has 1 rings (SSSR count). The molecule has 0 saturated heterocycles. The Hall–Kier alpha value is -0.930. The SMILES string of the molecule is CC(N)C(C)(C)CN(C)Cc1ccccc1F. The molecule has 0 radical (unpaired) electrons. The van der Waals surface area contributed by atoms with Gasteiger partial charge in [-0.25, -0.2) is 4.39 Å². The van der Waals surface area contributed by atoms with E-state index in [9.17, 15) is 4.39 Å². The Morgan fingerprint density at radius 2 is 1.94 bits per heavy atom. The highest BCUT2D eigenvalue weighted by molar-refractivity contribution is 5.17. The van der Waals surface area contributed by atoms with E-state index in [1.165, 1.54) is 6.07 Å². The van der Waals surface area contributed by atoms with Crippen LogP contribution in [0.2, 0.25) is 0 Å². The second-order valence-corrected chi connectivity index (χ2v) is 5.54. The van der Waals surface area contributed by atoms with Crippen LogP contribution < -0.4 is 5.73 Å². The molecule has 1 aromatic rings. The van der Waals surface area contributed by atoms with E-state index in [1.54, 1.807) is 6.07 Å². The van der Waals surface area contributed by atoms with Gasteiger partial charge in [-0.3, -0.25) is 0 Å². The molecular weight excluding hydrogens is 215 g/mol. The van der Waals surface area contributed by atoms with Crippen LogP contribution in [0.5, 0.6) is 0 Å². The molecule has 0 heterocycles. The van der Waals surface area contributed by atoms with E-state index in [4.69, 9.17) is 5.73 Å². The Balaban J connectivity index is 2.62. The number of hydrogen-bond donors (Lipinski definition) is 1. The molecule has 1 atom stereocenters. The van der Waals surface area contributed by atoms with Gasteiger partial charge in [0.2, 0.25) is 0 Å². The van der Waals surface area contributed by atoms with Crippen LogP contribution in [-0.2, 0) is 6.54 Å². The zero-order valence-corrected chi connectivity index (χ0v) is 11.2. The molecule has 96 valence electrons. The van der Waals surface area contributed by atoms with Crippen molar-refractivity contribution in [2.24, 2.45) is 11.1 Å². The first-order chi connectivity index (χ1) is 7.83. The van der Waals surface area contributed by atoms with Crippen molar-refractivity contribution in [3.05, 3.63) is 35.6 Å². The van der Waals surface area contributed by atoms with Gasteiger partial charge < -0.3 is 10.6 Å². The van der Waals surface area contributed by atoms with Crippen molar-refractivity contribution < 1.29 is 4.39 Å². The smallest absolute Gasteiger partial charge is 0.127 e. The second kappa shape index (κ2) is 5.61. The molecule has 0 fully saturated rings. The van der Waals surface area contributed by atoms with Gasteiger partial charge in [0.15, 0.2) is 0 Å². The number of nitrogens with zero attached hydrogens (tertiary/aromatic N) is 1. The van der Waals surface area contributed by atoms with Crippen molar-refractivity contribution in [1.82, 2.24) is 4.90 Å². The van der Waals surface area contributed by atoms with E-state index < -0.39 is 0 Å². The summed E-state index contributed by atoms with van der Waals surface area (Å²) in [6.07, 6.45) is 0. The summed E-state index contributed by atoms with van der Waals surface area (Å²) in [5.41, 5.74) is 6.70. The lowest BCUT2D eigenvalue weighted by Gasteiger charge is -2.33. The number of hydrogen-bond acceptors (Lipinski definition) is 2. The molecular formula is C14H23FN2. The number of nitrogens with two attached hydrogens (primary N) is 1. The molecule has 0 amide bonds. The number of benzene rings is 1. The normalized spacial score (nSPS) is 14.1. The van der Waals surface area contributed by atoms with Crippen LogP contribution in [-0.4, -0.2) is 24.5 Å². The molecule has 2 nitrogen and oxygen atoms in total. The maximum atomic E-state index is 13.5. The average Bonchev–Trinajstić information content (AvgIpc) is 2.20. The second-order valence-electron chi connectivity index (χ2n) is 5.54. The molecule has 17 heavy (non-hydrogen) atoms. The van der Waals surface area contributed by atoms with Crippen molar-refractivity contribution >= 4 is 0 Å². The molecule has 0 aliphatic carbocycles. The lowest BCUT2D eigenvalue weighted by atomic mass is 9.85. The molecule has 0 spiro atoms. The van der Waals surface area contributed by atoms with Gasteiger partial charge in [-0.05, 0) is 25.5 Å². The Bertz CT molecular complexity index is 361. The van der Waals surface area contributed by atoms with E-state index in [-0.39, 0.29) is 17.3 Å². The Labute approximate surface area is 104 Å². The molecule has 0 aromatic heterocycles. The van der Waals surface area contributed by atoms with Crippen molar-refractivity contribution in [3.63, 3.8) is 0 Å². The molecule has 0 saturated carbocycles. The van der Waals surface area contributed by atoms with Crippen LogP contribution in [0.3, 0.4) is 0 Å². The van der Waals surface area contributed by atoms with Crippen LogP contribution in [0.15, 0.2) is 24.3 Å². The van der Waals surface area contributed by atoms with Gasteiger partial charge in [0.25, 0.3) is 0 Å². The van der Waals surface area contributed by atoms with Crippen molar-refractivity contribution in [2.75, 3.05) is 13.6 Å².